The lowest BCUT2D eigenvalue weighted by molar-refractivity contribution is 0.215. The average Bonchev–Trinajstić information content (AvgIpc) is 2.67. The van der Waals surface area contributed by atoms with E-state index in [9.17, 15) is 13.5 Å². The standard InChI is InChI=1S/C20H18ClNO4S/c1-14-2-8-18(9-3-14)27(24,25)26-13-16-10-11-22-12-19(16)20(23)15-4-6-17(21)7-5-15/h2-12,20,23H,13H2,1H3. The molecule has 0 amide bonds. The highest BCUT2D eigenvalue weighted by molar-refractivity contribution is 7.86. The second-order valence-corrected chi connectivity index (χ2v) is 8.11. The molecule has 3 rings (SSSR count). The van der Waals surface area contributed by atoms with Gasteiger partial charge in [0.05, 0.1) is 11.5 Å². The van der Waals surface area contributed by atoms with Gasteiger partial charge < -0.3 is 5.11 Å². The van der Waals surface area contributed by atoms with Gasteiger partial charge in [0.1, 0.15) is 6.10 Å². The van der Waals surface area contributed by atoms with Crippen molar-refractivity contribution < 1.29 is 17.7 Å². The molecule has 0 aliphatic rings. The predicted molar refractivity (Wildman–Crippen MR) is 103 cm³/mol. The van der Waals surface area contributed by atoms with E-state index in [1.807, 2.05) is 6.92 Å². The summed E-state index contributed by atoms with van der Waals surface area (Å²) >= 11 is 5.88. The van der Waals surface area contributed by atoms with Crippen LogP contribution in [0.2, 0.25) is 5.02 Å². The summed E-state index contributed by atoms with van der Waals surface area (Å²) in [7, 11) is -3.91. The number of pyridine rings is 1. The molecule has 0 aliphatic carbocycles. The highest BCUT2D eigenvalue weighted by Gasteiger charge is 2.19. The van der Waals surface area contributed by atoms with E-state index in [4.69, 9.17) is 15.8 Å². The molecule has 7 heteroatoms. The van der Waals surface area contributed by atoms with Crippen molar-refractivity contribution in [2.75, 3.05) is 0 Å². The second-order valence-electron chi connectivity index (χ2n) is 6.06. The summed E-state index contributed by atoms with van der Waals surface area (Å²) in [4.78, 5) is 4.12. The second kappa shape index (κ2) is 8.19. The quantitative estimate of drug-likeness (QED) is 0.629. The maximum absolute atomic E-state index is 12.4. The molecule has 1 atom stereocenters. The van der Waals surface area contributed by atoms with Gasteiger partial charge in [0, 0.05) is 23.0 Å². The van der Waals surface area contributed by atoms with Gasteiger partial charge in [-0.3, -0.25) is 9.17 Å². The molecule has 27 heavy (non-hydrogen) atoms. The molecule has 0 aliphatic heterocycles. The zero-order valence-corrected chi connectivity index (χ0v) is 16.1. The number of benzene rings is 2. The first-order chi connectivity index (χ1) is 12.9. The van der Waals surface area contributed by atoms with E-state index in [1.165, 1.54) is 24.5 Å². The van der Waals surface area contributed by atoms with E-state index < -0.39 is 16.2 Å². The Morgan fingerprint density at radius 2 is 1.74 bits per heavy atom. The Hall–Kier alpha value is -2.25. The monoisotopic (exact) mass is 403 g/mol. The number of nitrogens with zero attached hydrogens (tertiary/aromatic N) is 1. The van der Waals surface area contributed by atoms with Gasteiger partial charge in [-0.2, -0.15) is 8.42 Å². The lowest BCUT2D eigenvalue weighted by Crippen LogP contribution is -2.10. The minimum Gasteiger partial charge on any atom is -0.384 e. The Morgan fingerprint density at radius 1 is 1.07 bits per heavy atom. The molecule has 1 heterocycles. The van der Waals surface area contributed by atoms with E-state index in [-0.39, 0.29) is 11.5 Å². The smallest absolute Gasteiger partial charge is 0.297 e. The summed E-state index contributed by atoms with van der Waals surface area (Å²) in [5.41, 5.74) is 2.58. The first-order valence-corrected chi connectivity index (χ1v) is 9.98. The third-order valence-electron chi connectivity index (χ3n) is 4.11. The van der Waals surface area contributed by atoms with Crippen LogP contribution < -0.4 is 0 Å². The Kier molecular flexibility index (Phi) is 5.92. The first-order valence-electron chi connectivity index (χ1n) is 8.19. The van der Waals surface area contributed by atoms with Crippen molar-refractivity contribution in [3.05, 3.63) is 94.3 Å². The van der Waals surface area contributed by atoms with E-state index in [0.717, 1.165) is 5.56 Å². The van der Waals surface area contributed by atoms with Crippen LogP contribution in [0.1, 0.15) is 28.4 Å². The highest BCUT2D eigenvalue weighted by Crippen LogP contribution is 2.26. The molecule has 1 N–H and O–H groups in total. The number of aromatic nitrogens is 1. The Bertz CT molecular complexity index is 1020. The van der Waals surface area contributed by atoms with Crippen molar-refractivity contribution in [3.8, 4) is 0 Å². The molecule has 0 saturated heterocycles. The summed E-state index contributed by atoms with van der Waals surface area (Å²) in [5, 5.41) is 11.2. The highest BCUT2D eigenvalue weighted by atomic mass is 35.5. The number of hydrogen-bond acceptors (Lipinski definition) is 5. The van der Waals surface area contributed by atoms with Crippen LogP contribution >= 0.6 is 11.6 Å². The molecule has 5 nitrogen and oxygen atoms in total. The number of aliphatic hydroxyl groups excluding tert-OH is 1. The molecular formula is C20H18ClNO4S. The minimum atomic E-state index is -3.91. The van der Waals surface area contributed by atoms with Crippen LogP contribution in [0.3, 0.4) is 0 Å². The van der Waals surface area contributed by atoms with Gasteiger partial charge in [-0.05, 0) is 48.4 Å². The lowest BCUT2D eigenvalue weighted by Gasteiger charge is -2.16. The number of aliphatic hydroxyl groups is 1. The van der Waals surface area contributed by atoms with Crippen LogP contribution in [0.25, 0.3) is 0 Å². The van der Waals surface area contributed by atoms with E-state index >= 15 is 0 Å². The number of hydrogen-bond donors (Lipinski definition) is 1. The summed E-state index contributed by atoms with van der Waals surface area (Å²) in [5.74, 6) is 0. The van der Waals surface area contributed by atoms with Crippen LogP contribution in [0.4, 0.5) is 0 Å². The molecule has 3 aromatic rings. The molecular weight excluding hydrogens is 386 g/mol. The molecule has 0 saturated carbocycles. The zero-order chi connectivity index (χ0) is 19.4. The number of aryl methyl sites for hydroxylation is 1. The molecule has 1 unspecified atom stereocenters. The van der Waals surface area contributed by atoms with Gasteiger partial charge in [-0.1, -0.05) is 41.4 Å². The van der Waals surface area contributed by atoms with Gasteiger partial charge >= 0.3 is 0 Å². The van der Waals surface area contributed by atoms with Gasteiger partial charge in [0.15, 0.2) is 0 Å². The summed E-state index contributed by atoms with van der Waals surface area (Å²) in [6.07, 6.45) is 2.04. The maximum atomic E-state index is 12.4. The van der Waals surface area contributed by atoms with Crippen molar-refractivity contribution in [1.29, 1.82) is 0 Å². The maximum Gasteiger partial charge on any atom is 0.297 e. The van der Waals surface area contributed by atoms with E-state index in [2.05, 4.69) is 4.98 Å². The summed E-state index contributed by atoms with van der Waals surface area (Å²) in [6, 6.07) is 14.8. The summed E-state index contributed by atoms with van der Waals surface area (Å²) < 4.78 is 30.0. The van der Waals surface area contributed by atoms with Crippen LogP contribution in [-0.2, 0) is 20.9 Å². The molecule has 140 valence electrons. The van der Waals surface area contributed by atoms with Gasteiger partial charge in [0.25, 0.3) is 10.1 Å². The topological polar surface area (TPSA) is 76.5 Å². The zero-order valence-electron chi connectivity index (χ0n) is 14.5. The fraction of sp³-hybridized carbons (Fsp3) is 0.150. The van der Waals surface area contributed by atoms with Crippen molar-refractivity contribution >= 4 is 21.7 Å². The van der Waals surface area contributed by atoms with Crippen LogP contribution in [0, 0.1) is 6.92 Å². The predicted octanol–water partition coefficient (Wildman–Crippen LogP) is 4.03. The molecule has 0 bridgehead atoms. The van der Waals surface area contributed by atoms with Gasteiger partial charge in [-0.25, -0.2) is 0 Å². The molecule has 0 radical (unpaired) electrons. The first kappa shape index (κ1) is 19.5. The number of halogens is 1. The summed E-state index contributed by atoms with van der Waals surface area (Å²) in [6.45, 7) is 1.66. The molecule has 0 spiro atoms. The Labute approximate surface area is 163 Å². The van der Waals surface area contributed by atoms with Crippen LogP contribution in [0.5, 0.6) is 0 Å². The lowest BCUT2D eigenvalue weighted by atomic mass is 9.99. The third-order valence-corrected chi connectivity index (χ3v) is 5.64. The van der Waals surface area contributed by atoms with Crippen molar-refractivity contribution in [2.45, 2.75) is 24.5 Å². The van der Waals surface area contributed by atoms with Crippen molar-refractivity contribution in [2.24, 2.45) is 0 Å². The van der Waals surface area contributed by atoms with Crippen molar-refractivity contribution in [3.63, 3.8) is 0 Å². The van der Waals surface area contributed by atoms with E-state index in [0.29, 0.717) is 21.7 Å². The van der Waals surface area contributed by atoms with Crippen LogP contribution in [-0.4, -0.2) is 18.5 Å². The average molecular weight is 404 g/mol. The van der Waals surface area contributed by atoms with Crippen molar-refractivity contribution in [1.82, 2.24) is 4.98 Å². The SMILES string of the molecule is Cc1ccc(S(=O)(=O)OCc2ccncc2C(O)c2ccc(Cl)cc2)cc1. The fourth-order valence-corrected chi connectivity index (χ4v) is 3.57. The number of rotatable bonds is 6. The molecule has 0 fully saturated rings. The molecule has 1 aromatic heterocycles. The third kappa shape index (κ3) is 4.73. The van der Waals surface area contributed by atoms with Crippen LogP contribution in [0.15, 0.2) is 71.9 Å². The Balaban J connectivity index is 1.82. The fourth-order valence-electron chi connectivity index (χ4n) is 2.55. The molecule has 2 aromatic carbocycles. The van der Waals surface area contributed by atoms with E-state index in [1.54, 1.807) is 42.5 Å². The Morgan fingerprint density at radius 3 is 2.41 bits per heavy atom. The van der Waals surface area contributed by atoms with Gasteiger partial charge in [-0.15, -0.1) is 0 Å². The van der Waals surface area contributed by atoms with Gasteiger partial charge in [0.2, 0.25) is 0 Å². The normalized spacial score (nSPS) is 12.7. The largest absolute Gasteiger partial charge is 0.384 e. The minimum absolute atomic E-state index is 0.0851.